The zero-order valence-corrected chi connectivity index (χ0v) is 20.3. The van der Waals surface area contributed by atoms with Gasteiger partial charge in [-0.2, -0.15) is 23.4 Å². The maximum absolute atomic E-state index is 13.0. The minimum atomic E-state index is -4.51. The Balaban J connectivity index is 1.35. The van der Waals surface area contributed by atoms with Gasteiger partial charge in [-0.25, -0.2) is 0 Å². The third-order valence-electron chi connectivity index (χ3n) is 5.78. The number of rotatable bonds is 5. The number of alkyl halides is 3. The van der Waals surface area contributed by atoms with Crippen molar-refractivity contribution in [1.29, 1.82) is 0 Å². The summed E-state index contributed by atoms with van der Waals surface area (Å²) in [5.41, 5.74) is 0.402. The summed E-state index contributed by atoms with van der Waals surface area (Å²) in [7, 11) is 0. The summed E-state index contributed by atoms with van der Waals surface area (Å²) < 4.78 is 38.8. The van der Waals surface area contributed by atoms with E-state index in [-0.39, 0.29) is 34.1 Å². The van der Waals surface area contributed by atoms with Crippen molar-refractivity contribution in [3.63, 3.8) is 0 Å². The summed E-state index contributed by atoms with van der Waals surface area (Å²) in [5.74, 6) is -0.659. The summed E-state index contributed by atoms with van der Waals surface area (Å²) >= 11 is 0.755. The van der Waals surface area contributed by atoms with Crippen molar-refractivity contribution >= 4 is 51.1 Å². The van der Waals surface area contributed by atoms with Gasteiger partial charge in [-0.05, 0) is 76.6 Å². The molecule has 1 heterocycles. The maximum atomic E-state index is 13.0. The number of carbonyl (C=O) groups is 2. The molecule has 1 aliphatic heterocycles. The zero-order valence-electron chi connectivity index (χ0n) is 19.5. The van der Waals surface area contributed by atoms with E-state index in [0.29, 0.717) is 0 Å². The van der Waals surface area contributed by atoms with Gasteiger partial charge in [0.05, 0.1) is 28.4 Å². The highest BCUT2D eigenvalue weighted by Crippen LogP contribution is 2.36. The highest BCUT2D eigenvalue weighted by Gasteiger charge is 2.35. The largest absolute Gasteiger partial charge is 0.507 e. The number of aromatic hydroxyl groups is 1. The Morgan fingerprint density at radius 1 is 0.842 bits per heavy atom. The number of halogens is 3. The van der Waals surface area contributed by atoms with Crippen LogP contribution in [0.15, 0.2) is 100 Å². The topological polar surface area (TPSA) is 82.3 Å². The van der Waals surface area contributed by atoms with E-state index in [2.05, 4.69) is 10.2 Å². The van der Waals surface area contributed by atoms with Gasteiger partial charge in [0.1, 0.15) is 5.75 Å². The Morgan fingerprint density at radius 3 is 2.34 bits per heavy atom. The molecule has 2 amide bonds. The first-order valence-electron chi connectivity index (χ1n) is 11.3. The van der Waals surface area contributed by atoms with Crippen molar-refractivity contribution in [2.24, 2.45) is 10.2 Å². The second-order valence-electron chi connectivity index (χ2n) is 8.44. The van der Waals surface area contributed by atoms with E-state index in [1.807, 2.05) is 42.5 Å². The predicted octanol–water partition coefficient (Wildman–Crippen LogP) is 8.22. The molecule has 4 aromatic rings. The molecule has 0 atom stereocenters. The molecule has 0 aromatic heterocycles. The molecular weight excluding hydrogens is 515 g/mol. The normalized spacial score (nSPS) is 15.3. The quantitative estimate of drug-likeness (QED) is 0.207. The number of azo groups is 1. The third kappa shape index (κ3) is 5.45. The lowest BCUT2D eigenvalue weighted by molar-refractivity contribution is -0.137. The molecule has 1 N–H and O–H groups in total. The summed E-state index contributed by atoms with van der Waals surface area (Å²) in [4.78, 5) is 26.9. The van der Waals surface area contributed by atoms with Gasteiger partial charge in [-0.3, -0.25) is 14.5 Å². The predicted molar refractivity (Wildman–Crippen MR) is 139 cm³/mol. The number of imide groups is 1. The van der Waals surface area contributed by atoms with Gasteiger partial charge < -0.3 is 5.11 Å². The first-order chi connectivity index (χ1) is 18.2. The lowest BCUT2D eigenvalue weighted by atomic mass is 10.1. The Hall–Kier alpha value is -4.44. The summed E-state index contributed by atoms with van der Waals surface area (Å²) in [6.45, 7) is 0.101. The van der Waals surface area contributed by atoms with Gasteiger partial charge in [0, 0.05) is 5.56 Å². The van der Waals surface area contributed by atoms with Crippen LogP contribution in [-0.4, -0.2) is 21.2 Å². The lowest BCUT2D eigenvalue weighted by Crippen LogP contribution is -2.27. The van der Waals surface area contributed by atoms with Crippen LogP contribution >= 0.6 is 11.8 Å². The van der Waals surface area contributed by atoms with Crippen molar-refractivity contribution in [2.45, 2.75) is 12.7 Å². The van der Waals surface area contributed by atoms with Gasteiger partial charge in [-0.15, -0.1) is 0 Å². The number of amides is 2. The van der Waals surface area contributed by atoms with Crippen molar-refractivity contribution in [1.82, 2.24) is 4.90 Å². The van der Waals surface area contributed by atoms with Crippen LogP contribution in [0.2, 0.25) is 0 Å². The van der Waals surface area contributed by atoms with E-state index >= 15 is 0 Å². The Labute approximate surface area is 219 Å². The standard InChI is InChI=1S/C28H18F3N3O3S/c29-28(30,31)21-6-3-7-22(15-21)32-33-23-10-11-24(35)20(13-23)14-25-26(36)34(27(37)38-25)16-17-8-9-18-4-1-2-5-19(18)12-17/h1-15,35H,16H2/b25-14-,33-32?. The molecule has 1 saturated heterocycles. The van der Waals surface area contributed by atoms with E-state index < -0.39 is 22.9 Å². The van der Waals surface area contributed by atoms with Crippen LogP contribution in [0.5, 0.6) is 5.75 Å². The zero-order chi connectivity index (χ0) is 26.9. The lowest BCUT2D eigenvalue weighted by Gasteiger charge is -2.13. The SMILES string of the molecule is O=C1S/C(=C\c2cc(N=Nc3cccc(C(F)(F)F)c3)ccc2O)C(=O)N1Cc1ccc2ccccc2c1. The maximum Gasteiger partial charge on any atom is 0.416 e. The van der Waals surface area contributed by atoms with Crippen molar-refractivity contribution in [2.75, 3.05) is 0 Å². The number of hydrogen-bond acceptors (Lipinski definition) is 6. The van der Waals surface area contributed by atoms with Gasteiger partial charge in [0.2, 0.25) is 0 Å². The molecule has 1 aliphatic rings. The molecule has 0 saturated carbocycles. The highest BCUT2D eigenvalue weighted by molar-refractivity contribution is 8.18. The van der Waals surface area contributed by atoms with Crippen LogP contribution in [0, 0.1) is 0 Å². The number of carbonyl (C=O) groups excluding carboxylic acids is 2. The molecular formula is C28H18F3N3O3S. The molecule has 0 radical (unpaired) electrons. The second kappa shape index (κ2) is 10.1. The first kappa shape index (κ1) is 25.2. The highest BCUT2D eigenvalue weighted by atomic mass is 32.2. The van der Waals surface area contributed by atoms with Crippen molar-refractivity contribution in [3.8, 4) is 5.75 Å². The molecule has 38 heavy (non-hydrogen) atoms. The molecule has 0 spiro atoms. The molecule has 5 rings (SSSR count). The van der Waals surface area contributed by atoms with Gasteiger partial charge in [0.25, 0.3) is 11.1 Å². The van der Waals surface area contributed by atoms with E-state index in [1.165, 1.54) is 36.4 Å². The molecule has 0 bridgehead atoms. The number of thioether (sulfide) groups is 1. The van der Waals surface area contributed by atoms with Gasteiger partial charge >= 0.3 is 6.18 Å². The Kier molecular flexibility index (Phi) is 6.73. The van der Waals surface area contributed by atoms with Crippen molar-refractivity contribution in [3.05, 3.63) is 107 Å². The number of phenols is 1. The third-order valence-corrected chi connectivity index (χ3v) is 6.69. The molecule has 6 nitrogen and oxygen atoms in total. The molecule has 4 aromatic carbocycles. The molecule has 10 heteroatoms. The molecule has 0 unspecified atom stereocenters. The number of benzene rings is 4. The van der Waals surface area contributed by atoms with E-state index in [0.717, 1.165) is 45.1 Å². The fraction of sp³-hybridized carbons (Fsp3) is 0.0714. The summed E-state index contributed by atoms with van der Waals surface area (Å²) in [6.07, 6.45) is -3.13. The fourth-order valence-electron chi connectivity index (χ4n) is 3.88. The minimum absolute atomic E-state index is 0.00394. The summed E-state index contributed by atoms with van der Waals surface area (Å²) in [5, 5.41) is 19.7. The van der Waals surface area contributed by atoms with Crippen LogP contribution in [0.4, 0.5) is 29.3 Å². The molecule has 0 aliphatic carbocycles. The average Bonchev–Trinajstić information content (AvgIpc) is 3.16. The number of fused-ring (bicyclic) bond motifs is 1. The van der Waals surface area contributed by atoms with Crippen LogP contribution in [-0.2, 0) is 17.5 Å². The first-order valence-corrected chi connectivity index (χ1v) is 12.1. The number of nitrogens with zero attached hydrogens (tertiary/aromatic N) is 3. The van der Waals surface area contributed by atoms with E-state index in [1.54, 1.807) is 0 Å². The van der Waals surface area contributed by atoms with Gasteiger partial charge in [-0.1, -0.05) is 42.5 Å². The van der Waals surface area contributed by atoms with E-state index in [4.69, 9.17) is 0 Å². The van der Waals surface area contributed by atoms with Gasteiger partial charge in [0.15, 0.2) is 0 Å². The Morgan fingerprint density at radius 2 is 1.58 bits per heavy atom. The monoisotopic (exact) mass is 533 g/mol. The van der Waals surface area contributed by atoms with Crippen LogP contribution in [0.1, 0.15) is 16.7 Å². The Bertz CT molecular complexity index is 1630. The number of hydrogen-bond donors (Lipinski definition) is 1. The van der Waals surface area contributed by atoms with E-state index in [9.17, 15) is 27.9 Å². The second-order valence-corrected chi connectivity index (χ2v) is 9.43. The summed E-state index contributed by atoms with van der Waals surface area (Å²) in [6, 6.07) is 22.1. The minimum Gasteiger partial charge on any atom is -0.507 e. The van der Waals surface area contributed by atoms with Crippen LogP contribution in [0.3, 0.4) is 0 Å². The fourth-order valence-corrected chi connectivity index (χ4v) is 4.71. The smallest absolute Gasteiger partial charge is 0.416 e. The molecule has 190 valence electrons. The molecule has 1 fully saturated rings. The average molecular weight is 534 g/mol. The van der Waals surface area contributed by atoms with Crippen LogP contribution < -0.4 is 0 Å². The number of phenolic OH excluding ortho intramolecular Hbond substituents is 1. The van der Waals surface area contributed by atoms with Crippen LogP contribution in [0.25, 0.3) is 16.8 Å². The van der Waals surface area contributed by atoms with Crippen molar-refractivity contribution < 1.29 is 27.9 Å².